The van der Waals surface area contributed by atoms with E-state index in [9.17, 15) is 19.5 Å². The zero-order valence-electron chi connectivity index (χ0n) is 19.1. The third-order valence-corrected chi connectivity index (χ3v) is 7.40. The van der Waals surface area contributed by atoms with E-state index in [1.165, 1.54) is 10.3 Å². The van der Waals surface area contributed by atoms with Gasteiger partial charge in [-0.25, -0.2) is 14.6 Å². The number of ether oxygens (including phenoxy) is 1. The first-order chi connectivity index (χ1) is 16.9. The standard InChI is InChI=1S/C26H25N3O5S/c1-15-10-11-22(24(31)32)29(12-15)23(30)21-14-35-25(27-21)28-26(33)34-13-20-18-8-4-2-6-16(18)17-7-3-5-9-19(17)20/h2-9,14-15,20,22H,10-13H2,1H3,(H,31,32)(H,27,28,33). The number of fused-ring (bicyclic) bond motifs is 3. The van der Waals surface area contributed by atoms with Crippen molar-refractivity contribution < 1.29 is 24.2 Å². The van der Waals surface area contributed by atoms with Crippen LogP contribution in [-0.2, 0) is 9.53 Å². The van der Waals surface area contributed by atoms with Gasteiger partial charge in [-0.2, -0.15) is 0 Å². The summed E-state index contributed by atoms with van der Waals surface area (Å²) in [6.45, 7) is 2.52. The number of likely N-dealkylation sites (tertiary alicyclic amines) is 1. The normalized spacial score (nSPS) is 19.1. The van der Waals surface area contributed by atoms with E-state index in [0.717, 1.165) is 40.0 Å². The quantitative estimate of drug-likeness (QED) is 0.529. The van der Waals surface area contributed by atoms with E-state index in [2.05, 4.69) is 22.4 Å². The fraction of sp³-hybridized carbons (Fsp3) is 0.308. The molecule has 35 heavy (non-hydrogen) atoms. The van der Waals surface area contributed by atoms with E-state index in [-0.39, 0.29) is 29.3 Å². The lowest BCUT2D eigenvalue weighted by Crippen LogP contribution is -2.50. The summed E-state index contributed by atoms with van der Waals surface area (Å²) < 4.78 is 5.54. The van der Waals surface area contributed by atoms with E-state index in [1.54, 1.807) is 0 Å². The number of amides is 2. The molecule has 1 fully saturated rings. The molecule has 180 valence electrons. The van der Waals surface area contributed by atoms with Gasteiger partial charge in [0.15, 0.2) is 5.13 Å². The highest BCUT2D eigenvalue weighted by Gasteiger charge is 2.36. The highest BCUT2D eigenvalue weighted by atomic mass is 32.1. The van der Waals surface area contributed by atoms with Gasteiger partial charge in [0.25, 0.3) is 5.91 Å². The van der Waals surface area contributed by atoms with Gasteiger partial charge >= 0.3 is 12.1 Å². The summed E-state index contributed by atoms with van der Waals surface area (Å²) in [5.74, 6) is -1.31. The fourth-order valence-electron chi connectivity index (χ4n) is 4.93. The van der Waals surface area contributed by atoms with Crippen molar-refractivity contribution in [3.8, 4) is 11.1 Å². The summed E-state index contributed by atoms with van der Waals surface area (Å²) in [5, 5.41) is 13.8. The third-order valence-electron chi connectivity index (χ3n) is 6.64. The molecule has 2 atom stereocenters. The van der Waals surface area contributed by atoms with Gasteiger partial charge in [-0.1, -0.05) is 55.5 Å². The first-order valence-corrected chi connectivity index (χ1v) is 12.4. The summed E-state index contributed by atoms with van der Waals surface area (Å²) in [4.78, 5) is 42.7. The number of aliphatic carboxylic acids is 1. The van der Waals surface area contributed by atoms with E-state index in [0.29, 0.717) is 13.0 Å². The van der Waals surface area contributed by atoms with Crippen LogP contribution in [0.4, 0.5) is 9.93 Å². The van der Waals surface area contributed by atoms with Crippen LogP contribution < -0.4 is 5.32 Å². The molecule has 1 aromatic heterocycles. The van der Waals surface area contributed by atoms with Gasteiger partial charge in [-0.3, -0.25) is 10.1 Å². The van der Waals surface area contributed by atoms with E-state index >= 15 is 0 Å². The maximum Gasteiger partial charge on any atom is 0.413 e. The second kappa shape index (κ2) is 9.50. The third kappa shape index (κ3) is 4.51. The number of piperidine rings is 1. The number of carboxylic acids is 1. The number of thiazole rings is 1. The van der Waals surface area contributed by atoms with Crippen LogP contribution in [0.3, 0.4) is 0 Å². The second-order valence-electron chi connectivity index (χ2n) is 8.98. The van der Waals surface area contributed by atoms with Crippen LogP contribution in [-0.4, -0.2) is 52.2 Å². The first-order valence-electron chi connectivity index (χ1n) is 11.5. The SMILES string of the molecule is CC1CCC(C(=O)O)N(C(=O)c2csc(NC(=O)OCC3c4ccccc4-c4ccccc43)n2)C1. The van der Waals surface area contributed by atoms with Crippen LogP contribution in [0.5, 0.6) is 0 Å². The maximum absolute atomic E-state index is 13.0. The number of aromatic nitrogens is 1. The minimum absolute atomic E-state index is 0.0596. The number of carboxylic acid groups (broad SMARTS) is 1. The van der Waals surface area contributed by atoms with Crippen molar-refractivity contribution in [2.24, 2.45) is 5.92 Å². The Morgan fingerprint density at radius 2 is 1.74 bits per heavy atom. The van der Waals surface area contributed by atoms with E-state index in [4.69, 9.17) is 4.74 Å². The molecule has 1 aliphatic heterocycles. The van der Waals surface area contributed by atoms with Gasteiger partial charge in [-0.15, -0.1) is 11.3 Å². The Labute approximate surface area is 206 Å². The van der Waals surface area contributed by atoms with Gasteiger partial charge in [0.1, 0.15) is 18.3 Å². The van der Waals surface area contributed by atoms with Crippen LogP contribution >= 0.6 is 11.3 Å². The minimum atomic E-state index is -1.02. The number of nitrogens with zero attached hydrogens (tertiary/aromatic N) is 2. The molecule has 2 N–H and O–H groups in total. The summed E-state index contributed by atoms with van der Waals surface area (Å²) in [6, 6.07) is 15.3. The molecule has 8 nitrogen and oxygen atoms in total. The molecule has 2 heterocycles. The lowest BCUT2D eigenvalue weighted by Gasteiger charge is -2.35. The van der Waals surface area contributed by atoms with Crippen molar-refractivity contribution in [2.45, 2.75) is 31.7 Å². The molecule has 0 radical (unpaired) electrons. The van der Waals surface area contributed by atoms with Gasteiger partial charge < -0.3 is 14.7 Å². The van der Waals surface area contributed by atoms with E-state index in [1.807, 2.05) is 43.3 Å². The van der Waals surface area contributed by atoms with Crippen molar-refractivity contribution in [1.82, 2.24) is 9.88 Å². The van der Waals surface area contributed by atoms with Gasteiger partial charge in [0.05, 0.1) is 0 Å². The number of rotatable bonds is 5. The lowest BCUT2D eigenvalue weighted by molar-refractivity contribution is -0.143. The Morgan fingerprint density at radius 1 is 1.09 bits per heavy atom. The summed E-state index contributed by atoms with van der Waals surface area (Å²) in [5.41, 5.74) is 4.64. The number of carbonyl (C=O) groups is 3. The molecule has 0 saturated carbocycles. The van der Waals surface area contributed by atoms with Crippen molar-refractivity contribution in [1.29, 1.82) is 0 Å². The van der Waals surface area contributed by atoms with E-state index < -0.39 is 24.0 Å². The Balaban J connectivity index is 1.23. The Hall–Kier alpha value is -3.72. The average molecular weight is 492 g/mol. The molecule has 1 aliphatic carbocycles. The number of anilines is 1. The molecule has 2 unspecified atom stereocenters. The highest BCUT2D eigenvalue weighted by molar-refractivity contribution is 7.14. The smallest absolute Gasteiger partial charge is 0.413 e. The van der Waals surface area contributed by atoms with Crippen molar-refractivity contribution in [3.63, 3.8) is 0 Å². The molecule has 1 saturated heterocycles. The Morgan fingerprint density at radius 3 is 2.40 bits per heavy atom. The summed E-state index contributed by atoms with van der Waals surface area (Å²) in [7, 11) is 0. The molecule has 3 aromatic rings. The number of carbonyl (C=O) groups excluding carboxylic acids is 2. The van der Waals surface area contributed by atoms with Crippen LogP contribution in [0, 0.1) is 5.92 Å². The van der Waals surface area contributed by atoms with Crippen LogP contribution in [0.25, 0.3) is 11.1 Å². The van der Waals surface area contributed by atoms with Gasteiger partial charge in [0.2, 0.25) is 0 Å². The summed E-state index contributed by atoms with van der Waals surface area (Å²) >= 11 is 1.10. The maximum atomic E-state index is 13.0. The number of benzene rings is 2. The molecule has 2 aliphatic rings. The Bertz CT molecular complexity index is 1240. The molecular formula is C26H25N3O5S. The monoisotopic (exact) mass is 491 g/mol. The lowest BCUT2D eigenvalue weighted by atomic mass is 9.94. The van der Waals surface area contributed by atoms with Gasteiger partial charge in [-0.05, 0) is 41.0 Å². The molecule has 9 heteroatoms. The summed E-state index contributed by atoms with van der Waals surface area (Å²) in [6.07, 6.45) is 0.513. The molecule has 0 spiro atoms. The minimum Gasteiger partial charge on any atom is -0.480 e. The van der Waals surface area contributed by atoms with Crippen molar-refractivity contribution in [2.75, 3.05) is 18.5 Å². The highest BCUT2D eigenvalue weighted by Crippen LogP contribution is 2.44. The van der Waals surface area contributed by atoms with Crippen LogP contribution in [0.15, 0.2) is 53.9 Å². The molecule has 2 amide bonds. The van der Waals surface area contributed by atoms with Crippen LogP contribution in [0.2, 0.25) is 0 Å². The average Bonchev–Trinajstić information content (AvgIpc) is 3.44. The molecule has 5 rings (SSSR count). The van der Waals surface area contributed by atoms with Gasteiger partial charge in [0, 0.05) is 17.8 Å². The van der Waals surface area contributed by atoms with Crippen molar-refractivity contribution in [3.05, 3.63) is 70.7 Å². The van der Waals surface area contributed by atoms with Crippen molar-refractivity contribution >= 4 is 34.4 Å². The molecule has 0 bridgehead atoms. The molecular weight excluding hydrogens is 466 g/mol. The number of nitrogens with one attached hydrogen (secondary N) is 1. The Kier molecular flexibility index (Phi) is 6.25. The first kappa shape index (κ1) is 23.0. The molecule has 2 aromatic carbocycles. The zero-order valence-corrected chi connectivity index (χ0v) is 20.0. The predicted molar refractivity (Wildman–Crippen MR) is 132 cm³/mol. The predicted octanol–water partition coefficient (Wildman–Crippen LogP) is 4.83. The number of hydrogen-bond donors (Lipinski definition) is 2. The van der Waals surface area contributed by atoms with Crippen LogP contribution in [0.1, 0.15) is 47.3 Å². The largest absolute Gasteiger partial charge is 0.480 e. The second-order valence-corrected chi connectivity index (χ2v) is 9.84. The fourth-order valence-corrected chi connectivity index (χ4v) is 5.60. The zero-order chi connectivity index (χ0) is 24.5. The number of hydrogen-bond acceptors (Lipinski definition) is 6. The topological polar surface area (TPSA) is 109 Å².